The van der Waals surface area contributed by atoms with Gasteiger partial charge in [-0.25, -0.2) is 0 Å². The molecule has 1 atom stereocenters. The molecular formula is C13H17Cl2NO2. The minimum Gasteiger partial charge on any atom is -0.506 e. The maximum atomic E-state index is 9.61. The van der Waals surface area contributed by atoms with Gasteiger partial charge in [0.1, 0.15) is 5.75 Å². The van der Waals surface area contributed by atoms with Gasteiger partial charge in [0.25, 0.3) is 0 Å². The third-order valence-electron chi connectivity index (χ3n) is 3.34. The molecule has 2 rings (SSSR count). The van der Waals surface area contributed by atoms with Gasteiger partial charge in [0, 0.05) is 23.7 Å². The average molecular weight is 290 g/mol. The Kier molecular flexibility index (Phi) is 4.73. The molecule has 0 spiro atoms. The molecule has 1 aliphatic rings. The van der Waals surface area contributed by atoms with Crippen LogP contribution < -0.4 is 0 Å². The van der Waals surface area contributed by atoms with Crippen LogP contribution in [0.4, 0.5) is 0 Å². The fourth-order valence-corrected chi connectivity index (χ4v) is 2.74. The highest BCUT2D eigenvalue weighted by Crippen LogP contribution is 2.33. The molecular weight excluding hydrogens is 273 g/mol. The average Bonchev–Trinajstić information content (AvgIpc) is 2.55. The van der Waals surface area contributed by atoms with Crippen molar-refractivity contribution in [2.45, 2.75) is 31.9 Å². The summed E-state index contributed by atoms with van der Waals surface area (Å²) in [5.74, 6) is 0.0610. The molecule has 0 aliphatic carbocycles. The van der Waals surface area contributed by atoms with Gasteiger partial charge in [-0.3, -0.25) is 4.90 Å². The lowest BCUT2D eigenvalue weighted by Gasteiger charge is -2.21. The first kappa shape index (κ1) is 13.9. The smallest absolute Gasteiger partial charge is 0.134 e. The lowest BCUT2D eigenvalue weighted by Crippen LogP contribution is -2.25. The van der Waals surface area contributed by atoms with Crippen molar-refractivity contribution in [3.05, 3.63) is 27.7 Å². The summed E-state index contributed by atoms with van der Waals surface area (Å²) in [6, 6.07) is 3.16. The Bertz CT molecular complexity index is 426. The first-order valence-electron chi connectivity index (χ1n) is 6.14. The molecule has 0 radical (unpaired) electrons. The molecule has 18 heavy (non-hydrogen) atoms. The monoisotopic (exact) mass is 289 g/mol. The highest BCUT2D eigenvalue weighted by Gasteiger charge is 2.18. The lowest BCUT2D eigenvalue weighted by atomic mass is 10.2. The van der Waals surface area contributed by atoms with Crippen molar-refractivity contribution in [2.24, 2.45) is 0 Å². The van der Waals surface area contributed by atoms with Crippen molar-refractivity contribution >= 4 is 23.2 Å². The van der Waals surface area contributed by atoms with Crippen LogP contribution in [0.5, 0.6) is 5.75 Å². The quantitative estimate of drug-likeness (QED) is 0.880. The third kappa shape index (κ3) is 3.29. The Morgan fingerprint density at radius 2 is 2.00 bits per heavy atom. The standard InChI is InChI=1S/C13H17Cl2NO2/c14-11-3-4-12(18)13(15)10(11)8-16-6-1-2-9(17)5-7-16/h3-4,9,17-18H,1-2,5-8H2/t9-/m1/s1. The van der Waals surface area contributed by atoms with E-state index >= 15 is 0 Å². The summed E-state index contributed by atoms with van der Waals surface area (Å²) in [5, 5.41) is 20.1. The molecule has 5 heteroatoms. The largest absolute Gasteiger partial charge is 0.506 e. The van der Waals surface area contributed by atoms with Gasteiger partial charge in [0.2, 0.25) is 0 Å². The topological polar surface area (TPSA) is 43.7 Å². The summed E-state index contributed by atoms with van der Waals surface area (Å²) in [6.07, 6.45) is 2.38. The van der Waals surface area contributed by atoms with Crippen LogP contribution in [0.3, 0.4) is 0 Å². The van der Waals surface area contributed by atoms with Gasteiger partial charge in [0.15, 0.2) is 0 Å². The van der Waals surface area contributed by atoms with Crippen LogP contribution in [-0.2, 0) is 6.54 Å². The molecule has 0 saturated carbocycles. The minimum absolute atomic E-state index is 0.0610. The van der Waals surface area contributed by atoms with E-state index in [2.05, 4.69) is 4.90 Å². The van der Waals surface area contributed by atoms with Crippen molar-refractivity contribution in [2.75, 3.05) is 13.1 Å². The van der Waals surface area contributed by atoms with Gasteiger partial charge in [-0.2, -0.15) is 0 Å². The van der Waals surface area contributed by atoms with Gasteiger partial charge in [-0.05, 0) is 37.9 Å². The predicted molar refractivity (Wildman–Crippen MR) is 73.3 cm³/mol. The molecule has 0 unspecified atom stereocenters. The molecule has 1 aromatic rings. The van der Waals surface area contributed by atoms with Crippen LogP contribution in [0.2, 0.25) is 10.0 Å². The molecule has 1 fully saturated rings. The normalized spacial score (nSPS) is 21.8. The van der Waals surface area contributed by atoms with E-state index in [1.807, 2.05) is 0 Å². The van der Waals surface area contributed by atoms with Crippen LogP contribution in [-0.4, -0.2) is 34.3 Å². The van der Waals surface area contributed by atoms with E-state index in [-0.39, 0.29) is 11.9 Å². The van der Waals surface area contributed by atoms with Gasteiger partial charge in [-0.1, -0.05) is 23.2 Å². The summed E-state index contributed by atoms with van der Waals surface area (Å²) in [5.41, 5.74) is 0.759. The molecule has 100 valence electrons. The Hall–Kier alpha value is -0.480. The van der Waals surface area contributed by atoms with Crippen molar-refractivity contribution in [1.29, 1.82) is 0 Å². The number of nitrogens with zero attached hydrogens (tertiary/aromatic N) is 1. The SMILES string of the molecule is Oc1ccc(Cl)c(CN2CCC[C@@H](O)CC2)c1Cl. The van der Waals surface area contributed by atoms with Crippen molar-refractivity contribution < 1.29 is 10.2 Å². The summed E-state index contributed by atoms with van der Waals surface area (Å²) in [7, 11) is 0. The summed E-state index contributed by atoms with van der Waals surface area (Å²) in [4.78, 5) is 2.21. The molecule has 3 nitrogen and oxygen atoms in total. The third-order valence-corrected chi connectivity index (χ3v) is 4.11. The number of aliphatic hydroxyl groups excluding tert-OH is 1. The van der Waals surface area contributed by atoms with Gasteiger partial charge in [0.05, 0.1) is 11.1 Å². The number of aliphatic hydroxyl groups is 1. The van der Waals surface area contributed by atoms with Crippen LogP contribution in [0.15, 0.2) is 12.1 Å². The second kappa shape index (κ2) is 6.11. The Morgan fingerprint density at radius 1 is 1.22 bits per heavy atom. The summed E-state index contributed by atoms with van der Waals surface area (Å²) >= 11 is 12.2. The van der Waals surface area contributed by atoms with E-state index in [1.165, 1.54) is 6.07 Å². The lowest BCUT2D eigenvalue weighted by molar-refractivity contribution is 0.154. The maximum Gasteiger partial charge on any atom is 0.134 e. The zero-order chi connectivity index (χ0) is 13.1. The van der Waals surface area contributed by atoms with Gasteiger partial charge < -0.3 is 10.2 Å². The first-order valence-corrected chi connectivity index (χ1v) is 6.90. The summed E-state index contributed by atoms with van der Waals surface area (Å²) in [6.45, 7) is 2.35. The fourth-order valence-electron chi connectivity index (χ4n) is 2.25. The van der Waals surface area contributed by atoms with Crippen LogP contribution >= 0.6 is 23.2 Å². The molecule has 0 amide bonds. The second-order valence-electron chi connectivity index (χ2n) is 4.72. The van der Waals surface area contributed by atoms with E-state index in [4.69, 9.17) is 23.2 Å². The number of hydrogen-bond acceptors (Lipinski definition) is 3. The maximum absolute atomic E-state index is 9.61. The molecule has 1 aliphatic heterocycles. The number of aromatic hydroxyl groups is 1. The number of likely N-dealkylation sites (tertiary alicyclic amines) is 1. The van der Waals surface area contributed by atoms with E-state index in [0.717, 1.165) is 37.9 Å². The number of phenols is 1. The molecule has 0 bridgehead atoms. The zero-order valence-electron chi connectivity index (χ0n) is 10.1. The van der Waals surface area contributed by atoms with Gasteiger partial charge >= 0.3 is 0 Å². The van der Waals surface area contributed by atoms with Crippen LogP contribution in [0.1, 0.15) is 24.8 Å². The molecule has 1 heterocycles. The number of benzene rings is 1. The van der Waals surface area contributed by atoms with Crippen molar-refractivity contribution in [3.8, 4) is 5.75 Å². The highest BCUT2D eigenvalue weighted by atomic mass is 35.5. The second-order valence-corrected chi connectivity index (χ2v) is 5.51. The van der Waals surface area contributed by atoms with Crippen LogP contribution in [0, 0.1) is 0 Å². The number of halogens is 2. The van der Waals surface area contributed by atoms with E-state index in [1.54, 1.807) is 6.07 Å². The van der Waals surface area contributed by atoms with Crippen molar-refractivity contribution in [3.63, 3.8) is 0 Å². The number of phenolic OH excluding ortho intramolecular Hbond substituents is 1. The molecule has 0 aromatic heterocycles. The Balaban J connectivity index is 2.11. The number of rotatable bonds is 2. The van der Waals surface area contributed by atoms with Crippen molar-refractivity contribution in [1.82, 2.24) is 4.90 Å². The first-order chi connectivity index (χ1) is 8.58. The van der Waals surface area contributed by atoms with Gasteiger partial charge in [-0.15, -0.1) is 0 Å². The zero-order valence-corrected chi connectivity index (χ0v) is 11.6. The van der Waals surface area contributed by atoms with E-state index in [0.29, 0.717) is 16.6 Å². The highest BCUT2D eigenvalue weighted by molar-refractivity contribution is 6.36. The Labute approximate surface area is 117 Å². The predicted octanol–water partition coefficient (Wildman–Crippen LogP) is 3.05. The minimum atomic E-state index is -0.204. The number of hydrogen-bond donors (Lipinski definition) is 2. The van der Waals surface area contributed by atoms with Crippen LogP contribution in [0.25, 0.3) is 0 Å². The summed E-state index contributed by atoms with van der Waals surface area (Å²) < 4.78 is 0. The molecule has 2 N–H and O–H groups in total. The molecule has 1 saturated heterocycles. The fraction of sp³-hybridized carbons (Fsp3) is 0.538. The van der Waals surface area contributed by atoms with E-state index < -0.39 is 0 Å². The molecule has 1 aromatic carbocycles. The Morgan fingerprint density at radius 3 is 2.78 bits per heavy atom. The van der Waals surface area contributed by atoms with E-state index in [9.17, 15) is 10.2 Å².